The third-order valence-corrected chi connectivity index (χ3v) is 3.91. The van der Waals surface area contributed by atoms with Crippen LogP contribution in [0.3, 0.4) is 0 Å². The molecular weight excluding hydrogens is 349 g/mol. The average molecular weight is 360 g/mol. The maximum absolute atomic E-state index is 12.9. The molecule has 2 aromatic carbocycles. The second kappa shape index (κ2) is 5.85. The summed E-state index contributed by atoms with van der Waals surface area (Å²) in [7, 11) is 0. The van der Waals surface area contributed by atoms with Gasteiger partial charge in [-0.3, -0.25) is 9.59 Å². The van der Waals surface area contributed by atoms with Crippen molar-refractivity contribution in [3.05, 3.63) is 70.1 Å². The van der Waals surface area contributed by atoms with E-state index in [-0.39, 0.29) is 12.2 Å². The Hall–Kier alpha value is -2.27. The molecule has 0 saturated carbocycles. The number of fused-ring (bicyclic) bond motifs is 1. The van der Waals surface area contributed by atoms with Gasteiger partial charge in [0.15, 0.2) is 0 Å². The van der Waals surface area contributed by atoms with Crippen LogP contribution >= 0.6 is 15.9 Å². The van der Waals surface area contributed by atoms with E-state index in [1.54, 1.807) is 12.3 Å². The van der Waals surface area contributed by atoms with Gasteiger partial charge < -0.3 is 4.98 Å². The zero-order chi connectivity index (χ0) is 15.7. The Kier molecular flexibility index (Phi) is 3.90. The van der Waals surface area contributed by atoms with E-state index in [4.69, 9.17) is 0 Å². The molecular formula is C17H11BrFNO2. The van der Waals surface area contributed by atoms with Gasteiger partial charge in [-0.2, -0.15) is 0 Å². The van der Waals surface area contributed by atoms with Crippen LogP contribution in [0, 0.1) is 5.82 Å². The summed E-state index contributed by atoms with van der Waals surface area (Å²) < 4.78 is 13.7. The highest BCUT2D eigenvalue weighted by atomic mass is 79.9. The number of aromatic nitrogens is 1. The van der Waals surface area contributed by atoms with Crippen molar-refractivity contribution in [2.75, 3.05) is 0 Å². The van der Waals surface area contributed by atoms with Crippen molar-refractivity contribution < 1.29 is 14.0 Å². The van der Waals surface area contributed by atoms with Crippen LogP contribution in [0.5, 0.6) is 0 Å². The lowest BCUT2D eigenvalue weighted by molar-refractivity contribution is -0.114. The predicted octanol–water partition coefficient (Wildman–Crippen LogP) is 4.06. The van der Waals surface area contributed by atoms with Gasteiger partial charge in [0, 0.05) is 28.0 Å². The van der Waals surface area contributed by atoms with Crippen molar-refractivity contribution in [3.8, 4) is 0 Å². The van der Waals surface area contributed by atoms with Crippen LogP contribution < -0.4 is 0 Å². The number of H-pyrrole nitrogens is 1. The summed E-state index contributed by atoms with van der Waals surface area (Å²) in [5.41, 5.74) is 1.75. The zero-order valence-electron chi connectivity index (χ0n) is 11.4. The number of hydrogen-bond acceptors (Lipinski definition) is 2. The molecule has 1 aromatic heterocycles. The van der Waals surface area contributed by atoms with Crippen LogP contribution in [-0.2, 0) is 11.2 Å². The van der Waals surface area contributed by atoms with E-state index in [1.165, 1.54) is 24.3 Å². The van der Waals surface area contributed by atoms with E-state index in [2.05, 4.69) is 20.9 Å². The highest BCUT2D eigenvalue weighted by molar-refractivity contribution is 9.10. The van der Waals surface area contributed by atoms with Crippen LogP contribution in [0.4, 0.5) is 4.39 Å². The maximum Gasteiger partial charge on any atom is 0.231 e. The molecule has 1 N–H and O–H groups in total. The molecule has 110 valence electrons. The Bertz CT molecular complexity index is 868. The van der Waals surface area contributed by atoms with E-state index < -0.39 is 11.6 Å². The summed E-state index contributed by atoms with van der Waals surface area (Å²) in [6.45, 7) is 0. The summed E-state index contributed by atoms with van der Waals surface area (Å²) in [5.74, 6) is -1.44. The van der Waals surface area contributed by atoms with E-state index in [9.17, 15) is 14.0 Å². The molecule has 0 spiro atoms. The third kappa shape index (κ3) is 2.85. The second-order valence-corrected chi connectivity index (χ2v) is 5.86. The molecule has 0 amide bonds. The highest BCUT2D eigenvalue weighted by Gasteiger charge is 2.20. The number of hydrogen-bond donors (Lipinski definition) is 1. The van der Waals surface area contributed by atoms with Gasteiger partial charge >= 0.3 is 0 Å². The average Bonchev–Trinajstić information content (AvgIpc) is 2.91. The molecule has 0 atom stereocenters. The Morgan fingerprint density at radius 2 is 1.82 bits per heavy atom. The van der Waals surface area contributed by atoms with Crippen molar-refractivity contribution in [3.63, 3.8) is 0 Å². The first-order chi connectivity index (χ1) is 10.5. The third-order valence-electron chi connectivity index (χ3n) is 3.42. The van der Waals surface area contributed by atoms with Crippen molar-refractivity contribution in [1.29, 1.82) is 0 Å². The van der Waals surface area contributed by atoms with Gasteiger partial charge in [-0.25, -0.2) is 4.39 Å². The number of carbonyl (C=O) groups is 2. The van der Waals surface area contributed by atoms with Crippen LogP contribution in [-0.4, -0.2) is 16.6 Å². The number of ketones is 2. The van der Waals surface area contributed by atoms with Gasteiger partial charge in [0.05, 0.1) is 5.56 Å². The Morgan fingerprint density at radius 1 is 1.09 bits per heavy atom. The zero-order valence-corrected chi connectivity index (χ0v) is 13.0. The topological polar surface area (TPSA) is 49.9 Å². The van der Waals surface area contributed by atoms with Crippen molar-refractivity contribution in [1.82, 2.24) is 4.98 Å². The minimum absolute atomic E-state index is 0.0419. The van der Waals surface area contributed by atoms with Gasteiger partial charge in [0.2, 0.25) is 11.6 Å². The Balaban J connectivity index is 1.87. The SMILES string of the molecule is O=C(Cc1ccc(F)cc1)C(=O)c1c[nH]c2ccc(Br)cc12. The van der Waals surface area contributed by atoms with Crippen LogP contribution in [0.2, 0.25) is 0 Å². The van der Waals surface area contributed by atoms with Gasteiger partial charge in [-0.15, -0.1) is 0 Å². The smallest absolute Gasteiger partial charge is 0.231 e. The number of nitrogens with one attached hydrogen (secondary N) is 1. The highest BCUT2D eigenvalue weighted by Crippen LogP contribution is 2.23. The first-order valence-electron chi connectivity index (χ1n) is 6.63. The van der Waals surface area contributed by atoms with Crippen molar-refractivity contribution in [2.45, 2.75) is 6.42 Å². The quantitative estimate of drug-likeness (QED) is 0.563. The second-order valence-electron chi connectivity index (χ2n) is 4.95. The normalized spacial score (nSPS) is 10.8. The largest absolute Gasteiger partial charge is 0.360 e. The molecule has 0 aliphatic carbocycles. The first-order valence-corrected chi connectivity index (χ1v) is 7.42. The molecule has 0 aliphatic heterocycles. The molecule has 0 fully saturated rings. The Labute approximate surface area is 134 Å². The fourth-order valence-electron chi connectivity index (χ4n) is 2.30. The first kappa shape index (κ1) is 14.7. The van der Waals surface area contributed by atoms with Gasteiger partial charge in [0.1, 0.15) is 5.82 Å². The monoisotopic (exact) mass is 359 g/mol. The maximum atomic E-state index is 12.9. The summed E-state index contributed by atoms with van der Waals surface area (Å²) in [6, 6.07) is 11.0. The number of rotatable bonds is 4. The van der Waals surface area contributed by atoms with E-state index in [0.29, 0.717) is 16.5 Å². The molecule has 0 unspecified atom stereocenters. The predicted molar refractivity (Wildman–Crippen MR) is 85.4 cm³/mol. The van der Waals surface area contributed by atoms with E-state index >= 15 is 0 Å². The lowest BCUT2D eigenvalue weighted by Crippen LogP contribution is -2.16. The summed E-state index contributed by atoms with van der Waals surface area (Å²) >= 11 is 3.35. The van der Waals surface area contributed by atoms with Crippen molar-refractivity contribution >= 4 is 38.4 Å². The molecule has 3 rings (SSSR count). The number of aromatic amines is 1. The van der Waals surface area contributed by atoms with E-state index in [1.807, 2.05) is 12.1 Å². The molecule has 0 radical (unpaired) electrons. The lowest BCUT2D eigenvalue weighted by atomic mass is 10.0. The number of halogens is 2. The molecule has 5 heteroatoms. The van der Waals surface area contributed by atoms with Gasteiger partial charge in [-0.1, -0.05) is 28.1 Å². The number of Topliss-reactive ketones (excluding diaryl/α,β-unsaturated/α-hetero) is 2. The minimum Gasteiger partial charge on any atom is -0.360 e. The van der Waals surface area contributed by atoms with E-state index in [0.717, 1.165) is 9.99 Å². The molecule has 3 nitrogen and oxygen atoms in total. The lowest BCUT2D eigenvalue weighted by Gasteiger charge is -2.01. The molecule has 0 saturated heterocycles. The minimum atomic E-state index is -0.548. The molecule has 22 heavy (non-hydrogen) atoms. The van der Waals surface area contributed by atoms with Crippen LogP contribution in [0.1, 0.15) is 15.9 Å². The molecule has 1 heterocycles. The number of carbonyl (C=O) groups excluding carboxylic acids is 2. The van der Waals surface area contributed by atoms with Crippen LogP contribution in [0.15, 0.2) is 53.1 Å². The number of benzene rings is 2. The summed E-state index contributed by atoms with van der Waals surface area (Å²) in [5, 5.41) is 0.701. The molecule has 3 aromatic rings. The summed E-state index contributed by atoms with van der Waals surface area (Å²) in [6.07, 6.45) is 1.50. The van der Waals surface area contributed by atoms with Crippen molar-refractivity contribution in [2.24, 2.45) is 0 Å². The standard InChI is InChI=1S/C17H11BrFNO2/c18-11-3-6-15-13(8-11)14(9-20-15)17(22)16(21)7-10-1-4-12(19)5-2-10/h1-6,8-9,20H,7H2. The Morgan fingerprint density at radius 3 is 2.55 bits per heavy atom. The molecule has 0 aliphatic rings. The molecule has 0 bridgehead atoms. The fraction of sp³-hybridized carbons (Fsp3) is 0.0588. The van der Waals surface area contributed by atoms with Gasteiger partial charge in [-0.05, 0) is 35.9 Å². The fourth-order valence-corrected chi connectivity index (χ4v) is 2.66. The summed E-state index contributed by atoms with van der Waals surface area (Å²) in [4.78, 5) is 27.5. The van der Waals surface area contributed by atoms with Crippen LogP contribution in [0.25, 0.3) is 10.9 Å². The van der Waals surface area contributed by atoms with Gasteiger partial charge in [0.25, 0.3) is 0 Å².